The maximum absolute atomic E-state index is 11.9. The first kappa shape index (κ1) is 12.4. The lowest BCUT2D eigenvalue weighted by molar-refractivity contribution is 0.102. The normalized spacial score (nSPS) is 10.1. The van der Waals surface area contributed by atoms with E-state index in [2.05, 4.69) is 25.6 Å². The molecule has 0 unspecified atom stereocenters. The van der Waals surface area contributed by atoms with Gasteiger partial charge in [0.2, 0.25) is 0 Å². The largest absolute Gasteiger partial charge is 0.369 e. The minimum atomic E-state index is -0.309. The number of anilines is 2. The highest BCUT2D eigenvalue weighted by molar-refractivity contribution is 7.15. The first-order chi connectivity index (χ1) is 8.69. The summed E-state index contributed by atoms with van der Waals surface area (Å²) in [6.45, 7) is 4.61. The van der Waals surface area contributed by atoms with Crippen LogP contribution in [-0.2, 0) is 0 Å². The van der Waals surface area contributed by atoms with E-state index in [9.17, 15) is 4.79 Å². The highest BCUT2D eigenvalue weighted by Crippen LogP contribution is 2.17. The predicted molar refractivity (Wildman–Crippen MR) is 71.0 cm³/mol. The molecule has 0 aliphatic heterocycles. The van der Waals surface area contributed by atoms with Crippen LogP contribution in [0.3, 0.4) is 0 Å². The Balaban J connectivity index is 2.11. The van der Waals surface area contributed by atoms with Gasteiger partial charge in [-0.05, 0) is 13.8 Å². The van der Waals surface area contributed by atoms with Crippen molar-refractivity contribution >= 4 is 28.2 Å². The Kier molecular flexibility index (Phi) is 3.83. The molecule has 0 atom stereocenters. The zero-order valence-electron chi connectivity index (χ0n) is 10.1. The third-order valence-corrected chi connectivity index (χ3v) is 2.90. The van der Waals surface area contributed by atoms with Crippen molar-refractivity contribution in [1.29, 1.82) is 0 Å². The van der Waals surface area contributed by atoms with E-state index in [1.807, 2.05) is 13.8 Å². The molecule has 1 amide bonds. The van der Waals surface area contributed by atoms with Gasteiger partial charge in [0.1, 0.15) is 11.5 Å². The molecule has 2 heterocycles. The second-order valence-electron chi connectivity index (χ2n) is 3.55. The van der Waals surface area contributed by atoms with Gasteiger partial charge in [0.25, 0.3) is 5.91 Å². The van der Waals surface area contributed by atoms with Gasteiger partial charge in [-0.1, -0.05) is 0 Å². The Morgan fingerprint density at radius 2 is 2.22 bits per heavy atom. The van der Waals surface area contributed by atoms with E-state index in [0.717, 1.165) is 11.4 Å². The van der Waals surface area contributed by atoms with Gasteiger partial charge in [-0.3, -0.25) is 15.1 Å². The fourth-order valence-corrected chi connectivity index (χ4v) is 1.97. The number of hydrogen-bond donors (Lipinski definition) is 2. The van der Waals surface area contributed by atoms with Crippen molar-refractivity contribution in [2.75, 3.05) is 17.2 Å². The number of rotatable bonds is 4. The zero-order chi connectivity index (χ0) is 13.0. The Morgan fingerprint density at radius 1 is 1.39 bits per heavy atom. The minimum Gasteiger partial charge on any atom is -0.369 e. The van der Waals surface area contributed by atoms with Crippen LogP contribution < -0.4 is 10.6 Å². The van der Waals surface area contributed by atoms with Crippen LogP contribution in [0.4, 0.5) is 10.9 Å². The van der Waals surface area contributed by atoms with Gasteiger partial charge in [0, 0.05) is 17.6 Å². The molecule has 94 valence electrons. The topological polar surface area (TPSA) is 79.8 Å². The van der Waals surface area contributed by atoms with Crippen molar-refractivity contribution in [1.82, 2.24) is 15.0 Å². The van der Waals surface area contributed by atoms with Gasteiger partial charge in [-0.2, -0.15) is 0 Å². The highest BCUT2D eigenvalue weighted by Gasteiger charge is 2.10. The molecule has 0 bridgehead atoms. The van der Waals surface area contributed by atoms with E-state index >= 15 is 0 Å². The second-order valence-corrected chi connectivity index (χ2v) is 4.78. The molecule has 18 heavy (non-hydrogen) atoms. The number of hydrogen-bond acceptors (Lipinski definition) is 6. The Hall–Kier alpha value is -2.02. The summed E-state index contributed by atoms with van der Waals surface area (Å²) in [5.41, 5.74) is 0.265. The van der Waals surface area contributed by atoms with E-state index < -0.39 is 0 Å². The number of aromatic nitrogens is 3. The summed E-state index contributed by atoms with van der Waals surface area (Å²) in [6, 6.07) is 0. The van der Waals surface area contributed by atoms with Crippen LogP contribution in [0.15, 0.2) is 18.6 Å². The van der Waals surface area contributed by atoms with Crippen LogP contribution in [0.25, 0.3) is 0 Å². The Labute approximate surface area is 109 Å². The average molecular weight is 263 g/mol. The molecule has 0 fully saturated rings. The van der Waals surface area contributed by atoms with E-state index in [0.29, 0.717) is 10.9 Å². The maximum atomic E-state index is 11.9. The van der Waals surface area contributed by atoms with Crippen LogP contribution in [0.5, 0.6) is 0 Å². The third-order valence-electron chi connectivity index (χ3n) is 2.07. The monoisotopic (exact) mass is 263 g/mol. The number of thiazole rings is 1. The van der Waals surface area contributed by atoms with Crippen molar-refractivity contribution in [3.63, 3.8) is 0 Å². The fourth-order valence-electron chi connectivity index (χ4n) is 1.32. The van der Waals surface area contributed by atoms with Gasteiger partial charge in [0.15, 0.2) is 5.13 Å². The number of carbonyl (C=O) groups is 1. The van der Waals surface area contributed by atoms with Gasteiger partial charge in [-0.15, -0.1) is 11.3 Å². The lowest BCUT2D eigenvalue weighted by Gasteiger charge is -2.04. The van der Waals surface area contributed by atoms with E-state index in [1.165, 1.54) is 17.5 Å². The molecule has 0 radical (unpaired) electrons. The molecule has 0 saturated heterocycles. The Bertz CT molecular complexity index is 554. The standard InChI is InChI=1S/C11H13N5OS/c1-3-13-9-6-12-5-8(15-9)10(17)16-11-14-4-7(2)18-11/h4-6H,3H2,1-2H3,(H,13,15)(H,14,16,17). The summed E-state index contributed by atoms with van der Waals surface area (Å²) in [7, 11) is 0. The lowest BCUT2D eigenvalue weighted by atomic mass is 10.4. The zero-order valence-corrected chi connectivity index (χ0v) is 10.9. The quantitative estimate of drug-likeness (QED) is 0.881. The molecule has 0 aliphatic rings. The second kappa shape index (κ2) is 5.54. The summed E-state index contributed by atoms with van der Waals surface area (Å²) in [4.78, 5) is 25.1. The molecular formula is C11H13N5OS. The molecule has 0 aliphatic carbocycles. The minimum absolute atomic E-state index is 0.265. The number of carbonyl (C=O) groups excluding carboxylic acids is 1. The molecule has 0 aromatic carbocycles. The van der Waals surface area contributed by atoms with Crippen molar-refractivity contribution < 1.29 is 4.79 Å². The summed E-state index contributed by atoms with van der Waals surface area (Å²) < 4.78 is 0. The first-order valence-electron chi connectivity index (χ1n) is 5.48. The highest BCUT2D eigenvalue weighted by atomic mass is 32.1. The van der Waals surface area contributed by atoms with Crippen LogP contribution >= 0.6 is 11.3 Å². The van der Waals surface area contributed by atoms with E-state index in [-0.39, 0.29) is 11.6 Å². The smallest absolute Gasteiger partial charge is 0.277 e. The molecule has 2 N–H and O–H groups in total. The molecule has 7 heteroatoms. The number of nitrogens with zero attached hydrogens (tertiary/aromatic N) is 3. The molecule has 2 rings (SSSR count). The number of amides is 1. The SMILES string of the molecule is CCNc1cncc(C(=O)Nc2ncc(C)s2)n1. The van der Waals surface area contributed by atoms with Crippen LogP contribution in [-0.4, -0.2) is 27.4 Å². The van der Waals surface area contributed by atoms with Gasteiger partial charge in [0.05, 0.1) is 12.4 Å². The van der Waals surface area contributed by atoms with E-state index in [4.69, 9.17) is 0 Å². The number of nitrogens with one attached hydrogen (secondary N) is 2. The third kappa shape index (κ3) is 3.01. The molecule has 0 saturated carbocycles. The van der Waals surface area contributed by atoms with Crippen LogP contribution in [0.2, 0.25) is 0 Å². The molecule has 2 aromatic rings. The van der Waals surface area contributed by atoms with Crippen LogP contribution in [0.1, 0.15) is 22.3 Å². The average Bonchev–Trinajstić information content (AvgIpc) is 2.75. The van der Waals surface area contributed by atoms with Crippen LogP contribution in [0, 0.1) is 6.92 Å². The maximum Gasteiger partial charge on any atom is 0.277 e. The lowest BCUT2D eigenvalue weighted by Crippen LogP contribution is -2.15. The molecular weight excluding hydrogens is 250 g/mol. The van der Waals surface area contributed by atoms with Crippen molar-refractivity contribution in [3.8, 4) is 0 Å². The van der Waals surface area contributed by atoms with Crippen molar-refractivity contribution in [2.24, 2.45) is 0 Å². The van der Waals surface area contributed by atoms with Crippen molar-refractivity contribution in [3.05, 3.63) is 29.2 Å². The van der Waals surface area contributed by atoms with Crippen molar-refractivity contribution in [2.45, 2.75) is 13.8 Å². The summed E-state index contributed by atoms with van der Waals surface area (Å²) in [6.07, 6.45) is 4.71. The predicted octanol–water partition coefficient (Wildman–Crippen LogP) is 1.93. The molecule has 6 nitrogen and oxygen atoms in total. The van der Waals surface area contributed by atoms with Gasteiger partial charge in [-0.25, -0.2) is 9.97 Å². The Morgan fingerprint density at radius 3 is 2.89 bits per heavy atom. The fraction of sp³-hybridized carbons (Fsp3) is 0.273. The van der Waals surface area contributed by atoms with E-state index in [1.54, 1.807) is 12.4 Å². The summed E-state index contributed by atoms with van der Waals surface area (Å²) >= 11 is 1.42. The summed E-state index contributed by atoms with van der Waals surface area (Å²) in [5.74, 6) is 0.275. The molecule has 0 spiro atoms. The first-order valence-corrected chi connectivity index (χ1v) is 6.30. The van der Waals surface area contributed by atoms with Gasteiger partial charge >= 0.3 is 0 Å². The number of aryl methyl sites for hydroxylation is 1. The molecule has 2 aromatic heterocycles. The summed E-state index contributed by atoms with van der Waals surface area (Å²) in [5, 5.41) is 6.25. The van der Waals surface area contributed by atoms with Gasteiger partial charge < -0.3 is 5.32 Å².